The number of hydrogen-bond donors (Lipinski definition) is 1. The molecule has 1 aromatic carbocycles. The Morgan fingerprint density at radius 3 is 2.76 bits per heavy atom. The van der Waals surface area contributed by atoms with Gasteiger partial charge < -0.3 is 10.2 Å². The minimum absolute atomic E-state index is 0.0316. The molecule has 154 valence electrons. The number of thiophene rings is 1. The van der Waals surface area contributed by atoms with Crippen LogP contribution >= 0.6 is 11.3 Å². The Hall–Kier alpha value is -2.18. The highest BCUT2D eigenvalue weighted by Gasteiger charge is 2.17. The first-order valence-electron chi connectivity index (χ1n) is 10.6. The molecule has 0 atom stereocenters. The molecule has 0 spiro atoms. The lowest BCUT2D eigenvalue weighted by Gasteiger charge is -2.30. The number of carbonyl (C=O) groups excluding carboxylic acids is 1. The average Bonchev–Trinajstić information content (AvgIpc) is 3.29. The molecule has 2 aromatic heterocycles. The average molecular weight is 411 g/mol. The van der Waals surface area contributed by atoms with Gasteiger partial charge in [0.05, 0.1) is 17.1 Å². The predicted molar refractivity (Wildman–Crippen MR) is 120 cm³/mol. The number of carbonyl (C=O) groups is 1. The molecule has 1 fully saturated rings. The zero-order chi connectivity index (χ0) is 20.2. The van der Waals surface area contributed by atoms with E-state index in [-0.39, 0.29) is 5.91 Å². The number of aromatic nitrogens is 2. The van der Waals surface area contributed by atoms with E-state index < -0.39 is 0 Å². The molecule has 6 heteroatoms. The molecule has 0 aliphatic carbocycles. The summed E-state index contributed by atoms with van der Waals surface area (Å²) < 4.78 is 2.01. The topological polar surface area (TPSA) is 50.2 Å². The van der Waals surface area contributed by atoms with Gasteiger partial charge in [0.25, 0.3) is 5.91 Å². The zero-order valence-corrected chi connectivity index (χ0v) is 18.2. The number of amides is 1. The van der Waals surface area contributed by atoms with Crippen LogP contribution in [-0.2, 0) is 6.54 Å². The maximum atomic E-state index is 12.6. The van der Waals surface area contributed by atoms with Crippen LogP contribution in [0.4, 0.5) is 0 Å². The molecule has 1 amide bonds. The van der Waals surface area contributed by atoms with E-state index in [2.05, 4.69) is 34.4 Å². The Balaban J connectivity index is 1.34. The van der Waals surface area contributed by atoms with Crippen LogP contribution in [0.2, 0.25) is 0 Å². The highest BCUT2D eigenvalue weighted by molar-refractivity contribution is 7.20. The molecule has 0 unspecified atom stereocenters. The van der Waals surface area contributed by atoms with E-state index in [0.29, 0.717) is 0 Å². The van der Waals surface area contributed by atoms with Crippen molar-refractivity contribution in [1.29, 1.82) is 0 Å². The van der Waals surface area contributed by atoms with E-state index in [0.717, 1.165) is 52.8 Å². The summed E-state index contributed by atoms with van der Waals surface area (Å²) in [6.07, 6.45) is 3.60. The van der Waals surface area contributed by atoms with Crippen molar-refractivity contribution in [2.45, 2.75) is 39.7 Å². The third kappa shape index (κ3) is 4.87. The summed E-state index contributed by atoms with van der Waals surface area (Å²) in [6, 6.07) is 12.3. The molecule has 29 heavy (non-hydrogen) atoms. The van der Waals surface area contributed by atoms with Crippen LogP contribution in [0.3, 0.4) is 0 Å². The molecule has 1 aliphatic heterocycles. The van der Waals surface area contributed by atoms with Crippen molar-refractivity contribution in [2.75, 3.05) is 26.2 Å². The van der Waals surface area contributed by atoms with Gasteiger partial charge in [-0.15, -0.1) is 11.3 Å². The highest BCUT2D eigenvalue weighted by Crippen LogP contribution is 2.28. The SMILES string of the molecule is Cc1nn(Cc2ccccc2)c2sc(C(=O)NCCCN3CCC(C)CC3)cc12. The summed E-state index contributed by atoms with van der Waals surface area (Å²) in [4.78, 5) is 17.0. The van der Waals surface area contributed by atoms with E-state index >= 15 is 0 Å². The minimum Gasteiger partial charge on any atom is -0.351 e. The molecule has 0 saturated carbocycles. The van der Waals surface area contributed by atoms with Crippen molar-refractivity contribution < 1.29 is 4.79 Å². The van der Waals surface area contributed by atoms with Crippen LogP contribution in [-0.4, -0.2) is 46.8 Å². The molecule has 1 N–H and O–H groups in total. The van der Waals surface area contributed by atoms with E-state index in [1.165, 1.54) is 42.8 Å². The second-order valence-corrected chi connectivity index (χ2v) is 9.22. The molecular formula is C23H30N4OS. The van der Waals surface area contributed by atoms with Crippen LogP contribution < -0.4 is 5.32 Å². The fraction of sp³-hybridized carbons (Fsp3) is 0.478. The molecule has 0 bridgehead atoms. The summed E-state index contributed by atoms with van der Waals surface area (Å²) in [5.74, 6) is 0.893. The number of benzene rings is 1. The molecule has 5 nitrogen and oxygen atoms in total. The van der Waals surface area contributed by atoms with Crippen LogP contribution in [0.1, 0.15) is 47.1 Å². The Morgan fingerprint density at radius 2 is 2.00 bits per heavy atom. The Morgan fingerprint density at radius 1 is 1.24 bits per heavy atom. The highest BCUT2D eigenvalue weighted by atomic mass is 32.1. The second kappa shape index (κ2) is 9.09. The van der Waals surface area contributed by atoms with E-state index in [1.54, 1.807) is 0 Å². The molecule has 3 heterocycles. The number of fused-ring (bicyclic) bond motifs is 1. The third-order valence-corrected chi connectivity index (χ3v) is 6.97. The minimum atomic E-state index is 0.0316. The van der Waals surface area contributed by atoms with Crippen molar-refractivity contribution >= 4 is 27.5 Å². The number of hydrogen-bond acceptors (Lipinski definition) is 4. The van der Waals surface area contributed by atoms with Gasteiger partial charge in [0.15, 0.2) is 0 Å². The van der Waals surface area contributed by atoms with Crippen molar-refractivity contribution in [2.24, 2.45) is 5.92 Å². The Kier molecular flexibility index (Phi) is 6.31. The summed E-state index contributed by atoms with van der Waals surface area (Å²) in [6.45, 7) is 9.27. The smallest absolute Gasteiger partial charge is 0.261 e. The van der Waals surface area contributed by atoms with Gasteiger partial charge in [0, 0.05) is 11.9 Å². The predicted octanol–water partition coefficient (Wildman–Crippen LogP) is 4.31. The lowest BCUT2D eigenvalue weighted by atomic mass is 9.99. The standard InChI is InChI=1S/C23H30N4OS/c1-17-9-13-26(14-10-17)12-6-11-24-22(28)21-15-20-18(2)25-27(23(20)29-21)16-19-7-4-3-5-8-19/h3-5,7-8,15,17H,6,9-14,16H2,1-2H3,(H,24,28). The van der Waals surface area contributed by atoms with Crippen molar-refractivity contribution in [1.82, 2.24) is 20.0 Å². The largest absolute Gasteiger partial charge is 0.351 e. The first-order valence-corrected chi connectivity index (χ1v) is 11.4. The van der Waals surface area contributed by atoms with Crippen LogP contribution in [0.15, 0.2) is 36.4 Å². The molecule has 1 aliphatic rings. The van der Waals surface area contributed by atoms with Crippen LogP contribution in [0.5, 0.6) is 0 Å². The lowest BCUT2D eigenvalue weighted by molar-refractivity contribution is 0.0954. The number of aryl methyl sites for hydroxylation is 1. The Bertz CT molecular complexity index is 954. The van der Waals surface area contributed by atoms with Gasteiger partial charge in [-0.2, -0.15) is 5.10 Å². The van der Waals surface area contributed by atoms with Gasteiger partial charge in [0.1, 0.15) is 4.83 Å². The first kappa shape index (κ1) is 20.1. The fourth-order valence-corrected chi connectivity index (χ4v) is 5.04. The van der Waals surface area contributed by atoms with Gasteiger partial charge in [-0.05, 0) is 63.4 Å². The van der Waals surface area contributed by atoms with Crippen molar-refractivity contribution in [3.8, 4) is 0 Å². The molecular weight excluding hydrogens is 380 g/mol. The monoisotopic (exact) mass is 410 g/mol. The number of nitrogens with zero attached hydrogens (tertiary/aromatic N) is 3. The number of nitrogens with one attached hydrogen (secondary N) is 1. The van der Waals surface area contributed by atoms with Crippen LogP contribution in [0, 0.1) is 12.8 Å². The van der Waals surface area contributed by atoms with E-state index in [1.807, 2.05) is 35.9 Å². The maximum Gasteiger partial charge on any atom is 0.261 e. The number of likely N-dealkylation sites (tertiary alicyclic amines) is 1. The quantitative estimate of drug-likeness (QED) is 0.591. The van der Waals surface area contributed by atoms with Gasteiger partial charge >= 0.3 is 0 Å². The lowest BCUT2D eigenvalue weighted by Crippen LogP contribution is -2.35. The summed E-state index contributed by atoms with van der Waals surface area (Å²) >= 11 is 1.54. The fourth-order valence-electron chi connectivity index (χ4n) is 3.97. The first-order chi connectivity index (χ1) is 14.1. The number of rotatable bonds is 7. The molecule has 0 radical (unpaired) electrons. The maximum absolute atomic E-state index is 12.6. The normalized spacial score (nSPS) is 15.8. The van der Waals surface area contributed by atoms with Crippen molar-refractivity contribution in [3.05, 3.63) is 52.5 Å². The third-order valence-electron chi connectivity index (χ3n) is 5.82. The van der Waals surface area contributed by atoms with Crippen LogP contribution in [0.25, 0.3) is 10.2 Å². The second-order valence-electron chi connectivity index (χ2n) is 8.19. The number of piperidine rings is 1. The molecule has 4 rings (SSSR count). The zero-order valence-electron chi connectivity index (χ0n) is 17.4. The van der Waals surface area contributed by atoms with Crippen molar-refractivity contribution in [3.63, 3.8) is 0 Å². The Labute approximate surface area is 176 Å². The van der Waals surface area contributed by atoms with E-state index in [9.17, 15) is 4.79 Å². The van der Waals surface area contributed by atoms with E-state index in [4.69, 9.17) is 0 Å². The molecule has 1 saturated heterocycles. The molecule has 3 aromatic rings. The summed E-state index contributed by atoms with van der Waals surface area (Å²) in [7, 11) is 0. The van der Waals surface area contributed by atoms with Gasteiger partial charge in [0.2, 0.25) is 0 Å². The summed E-state index contributed by atoms with van der Waals surface area (Å²) in [5, 5.41) is 8.85. The van der Waals surface area contributed by atoms with Gasteiger partial charge in [-0.3, -0.25) is 9.48 Å². The van der Waals surface area contributed by atoms with Gasteiger partial charge in [-0.25, -0.2) is 0 Å². The van der Waals surface area contributed by atoms with Gasteiger partial charge in [-0.1, -0.05) is 37.3 Å². The summed E-state index contributed by atoms with van der Waals surface area (Å²) in [5.41, 5.74) is 2.19.